The van der Waals surface area contributed by atoms with Crippen molar-refractivity contribution in [2.75, 3.05) is 0 Å². The van der Waals surface area contributed by atoms with Crippen molar-refractivity contribution in [2.24, 2.45) is 0 Å². The summed E-state index contributed by atoms with van der Waals surface area (Å²) >= 11 is 0. The van der Waals surface area contributed by atoms with Crippen molar-refractivity contribution in [3.05, 3.63) is 112 Å². The molecule has 1 aliphatic carbocycles. The molecule has 183 valence electrons. The van der Waals surface area contributed by atoms with Crippen LogP contribution >= 0.6 is 0 Å². The Kier molecular flexibility index (Phi) is 5.57. The van der Waals surface area contributed by atoms with E-state index in [1.165, 1.54) is 42.6 Å². The van der Waals surface area contributed by atoms with Crippen LogP contribution in [0.25, 0.3) is 11.1 Å². The Hall–Kier alpha value is -3.83. The Morgan fingerprint density at radius 3 is 1.42 bits per heavy atom. The van der Waals surface area contributed by atoms with Gasteiger partial charge in [0.25, 0.3) is 0 Å². The Labute approximate surface area is 196 Å². The number of fused-ring (bicyclic) bond motifs is 3. The minimum absolute atomic E-state index is 0.0593. The van der Waals surface area contributed by atoms with E-state index in [-0.39, 0.29) is 16.8 Å². The normalized spacial score (nSPS) is 14.4. The number of aromatic nitrogens is 1. The highest BCUT2D eigenvalue weighted by Gasteiger charge is 2.38. The largest absolute Gasteiger partial charge is 0.264 e. The number of benzene rings is 3. The first-order chi connectivity index (χ1) is 17.1. The molecule has 0 fully saturated rings. The molecule has 1 nitrogen and oxygen atoms in total. The number of pyridine rings is 1. The molecular weight excluding hydrogens is 503 g/mol. The lowest BCUT2D eigenvalue weighted by Gasteiger charge is -2.37. The fourth-order valence-corrected chi connectivity index (χ4v) is 4.66. The van der Waals surface area contributed by atoms with Crippen LogP contribution in [-0.2, 0) is 0 Å². The highest BCUT2D eigenvalue weighted by Crippen LogP contribution is 2.45. The molecule has 1 aromatic heterocycles. The van der Waals surface area contributed by atoms with Gasteiger partial charge in [-0.25, -0.2) is 43.9 Å². The second kappa shape index (κ2) is 8.39. The fraction of sp³-hybridized carbons (Fsp3) is 0.0417. The third kappa shape index (κ3) is 3.16. The number of hydrogen-bond donors (Lipinski definition) is 0. The van der Waals surface area contributed by atoms with E-state index in [1.807, 2.05) is 0 Å². The molecule has 0 spiro atoms. The summed E-state index contributed by atoms with van der Waals surface area (Å²) < 4.78 is 145. The van der Waals surface area contributed by atoms with Gasteiger partial charge < -0.3 is 0 Å². The molecule has 0 bridgehead atoms. The maximum Gasteiger partial charge on any atom is 0.200 e. The summed E-state index contributed by atoms with van der Waals surface area (Å²) in [5.41, 5.74) is -3.01. The third-order valence-electron chi connectivity index (χ3n) is 6.16. The average Bonchev–Trinajstić information content (AvgIpc) is 3.22. The summed E-state index contributed by atoms with van der Waals surface area (Å²) in [6.07, 6.45) is 1.19. The molecule has 1 aliphatic rings. The Morgan fingerprint density at radius 1 is 0.500 bits per heavy atom. The molecule has 4 aromatic rings. The minimum Gasteiger partial charge on any atom is -0.264 e. The molecule has 1 heterocycles. The molecule has 36 heavy (non-hydrogen) atoms. The summed E-state index contributed by atoms with van der Waals surface area (Å²) in [5, 5.41) is 0. The number of halogens is 10. The van der Waals surface area contributed by atoms with Crippen LogP contribution in [0.15, 0.2) is 42.6 Å². The number of rotatable bonds is 3. The van der Waals surface area contributed by atoms with Crippen molar-refractivity contribution in [2.45, 2.75) is 5.82 Å². The molecular formula is C24H8BF10N-. The van der Waals surface area contributed by atoms with Crippen LogP contribution in [0.1, 0.15) is 17.1 Å². The molecule has 1 atom stereocenters. The van der Waals surface area contributed by atoms with Crippen molar-refractivity contribution in [3.63, 3.8) is 0 Å². The quantitative estimate of drug-likeness (QED) is 0.155. The first kappa shape index (κ1) is 23.9. The first-order valence-corrected chi connectivity index (χ1v) is 10.1. The van der Waals surface area contributed by atoms with Gasteiger partial charge in [-0.3, -0.25) is 4.98 Å². The minimum atomic E-state index is -2.60. The molecule has 5 rings (SSSR count). The van der Waals surface area contributed by atoms with Crippen LogP contribution in [0.4, 0.5) is 43.9 Å². The molecule has 3 aromatic carbocycles. The molecule has 0 amide bonds. The van der Waals surface area contributed by atoms with Crippen LogP contribution < -0.4 is 10.9 Å². The Bertz CT molecular complexity index is 1400. The van der Waals surface area contributed by atoms with E-state index in [0.717, 1.165) is 0 Å². The molecule has 12 heteroatoms. The van der Waals surface area contributed by atoms with Crippen molar-refractivity contribution >= 4 is 17.6 Å². The summed E-state index contributed by atoms with van der Waals surface area (Å²) in [6, 6.07) is 8.67. The van der Waals surface area contributed by atoms with E-state index in [1.54, 1.807) is 0 Å². The first-order valence-electron chi connectivity index (χ1n) is 10.1. The van der Waals surface area contributed by atoms with E-state index < -0.39 is 81.6 Å². The van der Waals surface area contributed by atoms with Crippen LogP contribution in [0.3, 0.4) is 0 Å². The predicted octanol–water partition coefficient (Wildman–Crippen LogP) is 5.43. The van der Waals surface area contributed by atoms with Crippen molar-refractivity contribution in [1.29, 1.82) is 0 Å². The number of hydrogen-bond acceptors (Lipinski definition) is 1. The van der Waals surface area contributed by atoms with Crippen LogP contribution in [0.2, 0.25) is 0 Å². The zero-order chi connectivity index (χ0) is 26.0. The standard InChI is InChI=1S/C24H8BF10N/c26-14-12(15(27)19(31)22(34)18(14)30)25(13-16(28)20(32)23(35)21(33)17(13)29)11-9-5-2-1-4-8(9)10-6-3-7-36-24(10)11/h1-7,11H/q-1. The van der Waals surface area contributed by atoms with Gasteiger partial charge >= 0.3 is 0 Å². The van der Waals surface area contributed by atoms with Crippen LogP contribution in [0.5, 0.6) is 0 Å². The number of nitrogens with zero attached hydrogens (tertiary/aromatic N) is 1. The van der Waals surface area contributed by atoms with E-state index >= 15 is 17.6 Å². The van der Waals surface area contributed by atoms with E-state index in [4.69, 9.17) is 0 Å². The van der Waals surface area contributed by atoms with Crippen molar-refractivity contribution in [3.8, 4) is 11.1 Å². The third-order valence-corrected chi connectivity index (χ3v) is 6.16. The molecule has 0 saturated heterocycles. The van der Waals surface area contributed by atoms with E-state index in [0.29, 0.717) is 5.56 Å². The Morgan fingerprint density at radius 2 is 0.917 bits per heavy atom. The van der Waals surface area contributed by atoms with E-state index in [9.17, 15) is 26.3 Å². The highest BCUT2D eigenvalue weighted by atomic mass is 19.2. The van der Waals surface area contributed by atoms with Gasteiger partial charge in [0.1, 0.15) is 23.3 Å². The predicted molar refractivity (Wildman–Crippen MR) is 109 cm³/mol. The van der Waals surface area contributed by atoms with Gasteiger partial charge in [0, 0.05) is 17.5 Å². The van der Waals surface area contributed by atoms with Gasteiger partial charge in [-0.1, -0.05) is 35.9 Å². The zero-order valence-corrected chi connectivity index (χ0v) is 17.4. The average molecular weight is 511 g/mol. The molecule has 0 saturated carbocycles. The second-order valence-electron chi connectivity index (χ2n) is 7.95. The summed E-state index contributed by atoms with van der Waals surface area (Å²) in [4.78, 5) is 4.06. The van der Waals surface area contributed by atoms with Crippen molar-refractivity contribution in [1.82, 2.24) is 4.98 Å². The molecule has 0 aliphatic heterocycles. The van der Waals surface area contributed by atoms with Crippen molar-refractivity contribution < 1.29 is 43.9 Å². The van der Waals surface area contributed by atoms with E-state index in [2.05, 4.69) is 4.98 Å². The lowest BCUT2D eigenvalue weighted by atomic mass is 9.32. The fourth-order valence-electron chi connectivity index (χ4n) is 4.66. The van der Waals surface area contributed by atoms with Crippen LogP contribution in [0, 0.1) is 58.2 Å². The second-order valence-corrected chi connectivity index (χ2v) is 7.95. The van der Waals surface area contributed by atoms with Gasteiger partial charge in [-0.05, 0) is 18.3 Å². The topological polar surface area (TPSA) is 12.9 Å². The smallest absolute Gasteiger partial charge is 0.200 e. The zero-order valence-electron chi connectivity index (χ0n) is 17.4. The molecule has 1 radical (unpaired) electrons. The van der Waals surface area contributed by atoms with Gasteiger partial charge in [0.2, 0.25) is 0 Å². The SMILES string of the molecule is Fc1c(F)c(F)c([B-](c2c(F)c(F)c(F)c(F)c2F)C2c3ccccc3-c3cccnc32)c(F)c1F. The van der Waals surface area contributed by atoms with Gasteiger partial charge in [0.15, 0.2) is 34.9 Å². The van der Waals surface area contributed by atoms with Gasteiger partial charge in [-0.2, -0.15) is 10.9 Å². The maximum atomic E-state index is 15.0. The van der Waals surface area contributed by atoms with Gasteiger partial charge in [0.05, 0.1) is 0 Å². The summed E-state index contributed by atoms with van der Waals surface area (Å²) in [6.45, 7) is -2.60. The highest BCUT2D eigenvalue weighted by molar-refractivity contribution is 6.87. The maximum absolute atomic E-state index is 15.0. The Balaban J connectivity index is 1.97. The lowest BCUT2D eigenvalue weighted by molar-refractivity contribution is 0.382. The monoisotopic (exact) mass is 511 g/mol. The van der Waals surface area contributed by atoms with Crippen LogP contribution in [-0.4, -0.2) is 11.7 Å². The van der Waals surface area contributed by atoms with Gasteiger partial charge in [-0.15, -0.1) is 5.82 Å². The summed E-state index contributed by atoms with van der Waals surface area (Å²) in [5.74, 6) is -26.6. The lowest BCUT2D eigenvalue weighted by Crippen LogP contribution is -2.54. The summed E-state index contributed by atoms with van der Waals surface area (Å²) in [7, 11) is 0. The molecule has 1 unspecified atom stereocenters. The molecule has 0 N–H and O–H groups in total.